The summed E-state index contributed by atoms with van der Waals surface area (Å²) in [4.78, 5) is 6.86. The highest BCUT2D eigenvalue weighted by molar-refractivity contribution is 14.0. The molecular weight excluding hydrogens is 499 g/mol. The lowest BCUT2D eigenvalue weighted by Crippen LogP contribution is -2.44. The van der Waals surface area contributed by atoms with Crippen LogP contribution in [0.15, 0.2) is 65.7 Å². The van der Waals surface area contributed by atoms with Crippen molar-refractivity contribution in [2.45, 2.75) is 32.9 Å². The number of rotatable bonds is 5. The zero-order valence-electron chi connectivity index (χ0n) is 18.4. The maximum absolute atomic E-state index is 4.65. The molecule has 1 unspecified atom stereocenters. The van der Waals surface area contributed by atoms with E-state index in [9.17, 15) is 0 Å². The number of aliphatic imine (C=N–C) groups is 1. The lowest BCUT2D eigenvalue weighted by molar-refractivity contribution is 0.648. The number of anilines is 1. The highest BCUT2D eigenvalue weighted by atomic mass is 127. The van der Waals surface area contributed by atoms with E-state index in [4.69, 9.17) is 0 Å². The Hall–Kier alpha value is -2.55. The second kappa shape index (κ2) is 10.7. The molecule has 0 amide bonds. The second-order valence-electron chi connectivity index (χ2n) is 7.80. The molecule has 4 rings (SSSR count). The largest absolute Gasteiger partial charge is 0.369 e. The van der Waals surface area contributed by atoms with E-state index in [-0.39, 0.29) is 24.0 Å². The number of hydrogen-bond donors (Lipinski definition) is 2. The predicted octanol–water partition coefficient (Wildman–Crippen LogP) is 4.05. The summed E-state index contributed by atoms with van der Waals surface area (Å²) in [6.07, 6.45) is 1.10. The molecule has 2 aromatic carbocycles. The Morgan fingerprint density at radius 3 is 2.55 bits per heavy atom. The number of aromatic nitrogens is 2. The number of para-hydroxylation sites is 2. The van der Waals surface area contributed by atoms with E-state index in [0.717, 1.165) is 42.5 Å². The van der Waals surface area contributed by atoms with Crippen molar-refractivity contribution in [2.75, 3.05) is 25.0 Å². The summed E-state index contributed by atoms with van der Waals surface area (Å²) >= 11 is 0. The van der Waals surface area contributed by atoms with Crippen LogP contribution < -0.4 is 15.5 Å². The van der Waals surface area contributed by atoms with E-state index in [1.165, 1.54) is 11.3 Å². The first-order valence-corrected chi connectivity index (χ1v) is 10.5. The number of halogens is 1. The zero-order chi connectivity index (χ0) is 20.9. The van der Waals surface area contributed by atoms with Gasteiger partial charge in [-0.25, -0.2) is 4.68 Å². The highest BCUT2D eigenvalue weighted by Crippen LogP contribution is 2.20. The molecule has 1 saturated heterocycles. The fraction of sp³-hybridized carbons (Fsp3) is 0.333. The summed E-state index contributed by atoms with van der Waals surface area (Å²) in [6.45, 7) is 6.83. The van der Waals surface area contributed by atoms with Gasteiger partial charge in [0.15, 0.2) is 5.96 Å². The molecule has 164 valence electrons. The lowest BCUT2D eigenvalue weighted by Gasteiger charge is -2.20. The number of nitrogens with one attached hydrogen (secondary N) is 2. The van der Waals surface area contributed by atoms with E-state index in [2.05, 4.69) is 93.2 Å². The second-order valence-corrected chi connectivity index (χ2v) is 7.80. The Morgan fingerprint density at radius 1 is 1.10 bits per heavy atom. The Kier molecular flexibility index (Phi) is 7.95. The zero-order valence-corrected chi connectivity index (χ0v) is 20.7. The summed E-state index contributed by atoms with van der Waals surface area (Å²) < 4.78 is 2.01. The summed E-state index contributed by atoms with van der Waals surface area (Å²) in [5.41, 5.74) is 5.72. The number of benzene rings is 2. The summed E-state index contributed by atoms with van der Waals surface area (Å²) in [6, 6.07) is 21.4. The molecule has 1 fully saturated rings. The molecular formula is C24H31IN6. The standard InChI is InChI=1S/C24H30N6.HI/c1-18-15-19(2)30(28-18)23-12-8-7-9-20(23)16-26-24(25-3)27-21-13-14-29(17-21)22-10-5-4-6-11-22;/h4-12,15,21H,13-14,16-17H2,1-3H3,(H2,25,26,27);1H. The number of hydrogen-bond acceptors (Lipinski definition) is 3. The molecule has 0 aliphatic carbocycles. The van der Waals surface area contributed by atoms with Gasteiger partial charge < -0.3 is 15.5 Å². The highest BCUT2D eigenvalue weighted by Gasteiger charge is 2.23. The normalized spacial score (nSPS) is 16.2. The maximum Gasteiger partial charge on any atom is 0.191 e. The molecule has 0 radical (unpaired) electrons. The first-order valence-electron chi connectivity index (χ1n) is 10.5. The third-order valence-corrected chi connectivity index (χ3v) is 5.55. The molecule has 7 heteroatoms. The minimum absolute atomic E-state index is 0. The van der Waals surface area contributed by atoms with Crippen LogP contribution in [0.25, 0.3) is 5.69 Å². The van der Waals surface area contributed by atoms with E-state index >= 15 is 0 Å². The quantitative estimate of drug-likeness (QED) is 0.297. The molecule has 3 aromatic rings. The maximum atomic E-state index is 4.65. The minimum atomic E-state index is 0. The fourth-order valence-electron chi connectivity index (χ4n) is 4.06. The van der Waals surface area contributed by atoms with E-state index in [1.54, 1.807) is 0 Å². The van der Waals surface area contributed by atoms with Gasteiger partial charge in [-0.05, 0) is 50.1 Å². The van der Waals surface area contributed by atoms with E-state index < -0.39 is 0 Å². The monoisotopic (exact) mass is 530 g/mol. The van der Waals surface area contributed by atoms with Gasteiger partial charge in [-0.1, -0.05) is 36.4 Å². The third-order valence-electron chi connectivity index (χ3n) is 5.55. The van der Waals surface area contributed by atoms with E-state index in [1.807, 2.05) is 18.7 Å². The molecule has 0 saturated carbocycles. The molecule has 1 aliphatic heterocycles. The predicted molar refractivity (Wildman–Crippen MR) is 139 cm³/mol. The molecule has 0 spiro atoms. The molecule has 1 atom stereocenters. The molecule has 31 heavy (non-hydrogen) atoms. The van der Waals surface area contributed by atoms with Gasteiger partial charge in [-0.15, -0.1) is 24.0 Å². The van der Waals surface area contributed by atoms with Crippen LogP contribution in [-0.4, -0.2) is 41.9 Å². The van der Waals surface area contributed by atoms with Crippen LogP contribution in [0, 0.1) is 13.8 Å². The van der Waals surface area contributed by atoms with Crippen LogP contribution in [-0.2, 0) is 6.54 Å². The van der Waals surface area contributed by atoms with Gasteiger partial charge in [0.2, 0.25) is 0 Å². The molecule has 1 aromatic heterocycles. The van der Waals surface area contributed by atoms with Crippen molar-refractivity contribution in [3.8, 4) is 5.69 Å². The minimum Gasteiger partial charge on any atom is -0.369 e. The smallest absolute Gasteiger partial charge is 0.191 e. The van der Waals surface area contributed by atoms with Crippen molar-refractivity contribution in [3.63, 3.8) is 0 Å². The first-order chi connectivity index (χ1) is 14.6. The van der Waals surface area contributed by atoms with Crippen LogP contribution in [0.4, 0.5) is 5.69 Å². The van der Waals surface area contributed by atoms with Gasteiger partial charge in [0.25, 0.3) is 0 Å². The Morgan fingerprint density at radius 2 is 1.84 bits per heavy atom. The Bertz CT molecular complexity index is 1010. The third kappa shape index (κ3) is 5.58. The van der Waals surface area contributed by atoms with Crippen molar-refractivity contribution in [3.05, 3.63) is 77.6 Å². The first kappa shape index (κ1) is 23.1. The van der Waals surface area contributed by atoms with Gasteiger partial charge in [0.1, 0.15) is 0 Å². The van der Waals surface area contributed by atoms with Gasteiger partial charge in [-0.2, -0.15) is 5.10 Å². The average Bonchev–Trinajstić information content (AvgIpc) is 3.37. The summed E-state index contributed by atoms with van der Waals surface area (Å²) in [5, 5.41) is 11.7. The number of nitrogens with zero attached hydrogens (tertiary/aromatic N) is 4. The van der Waals surface area contributed by atoms with Gasteiger partial charge >= 0.3 is 0 Å². The van der Waals surface area contributed by atoms with Crippen LogP contribution in [0.2, 0.25) is 0 Å². The molecule has 2 heterocycles. The van der Waals surface area contributed by atoms with Crippen LogP contribution in [0.5, 0.6) is 0 Å². The van der Waals surface area contributed by atoms with Crippen LogP contribution in [0.3, 0.4) is 0 Å². The lowest BCUT2D eigenvalue weighted by atomic mass is 10.1. The molecule has 1 aliphatic rings. The van der Waals surface area contributed by atoms with E-state index in [0.29, 0.717) is 12.6 Å². The average molecular weight is 530 g/mol. The number of aryl methyl sites for hydroxylation is 2. The van der Waals surface area contributed by atoms with Gasteiger partial charge in [0.05, 0.1) is 11.4 Å². The topological polar surface area (TPSA) is 57.5 Å². The Labute approximate surface area is 201 Å². The van der Waals surface area contributed by atoms with Crippen molar-refractivity contribution >= 4 is 35.6 Å². The molecule has 0 bridgehead atoms. The summed E-state index contributed by atoms with van der Waals surface area (Å²) in [7, 11) is 1.83. The SMILES string of the molecule is CN=C(NCc1ccccc1-n1nc(C)cc1C)NC1CCN(c2ccccc2)C1.I. The summed E-state index contributed by atoms with van der Waals surface area (Å²) in [5.74, 6) is 0.832. The van der Waals surface area contributed by atoms with Crippen molar-refractivity contribution in [1.82, 2.24) is 20.4 Å². The van der Waals surface area contributed by atoms with Crippen molar-refractivity contribution in [2.24, 2.45) is 4.99 Å². The van der Waals surface area contributed by atoms with Crippen molar-refractivity contribution < 1.29 is 0 Å². The molecule has 2 N–H and O–H groups in total. The van der Waals surface area contributed by atoms with Gasteiger partial charge in [-0.3, -0.25) is 4.99 Å². The van der Waals surface area contributed by atoms with Crippen LogP contribution >= 0.6 is 24.0 Å². The van der Waals surface area contributed by atoms with Crippen LogP contribution in [0.1, 0.15) is 23.4 Å². The van der Waals surface area contributed by atoms with Gasteiger partial charge in [0, 0.05) is 44.1 Å². The fourth-order valence-corrected chi connectivity index (χ4v) is 4.06. The Balaban J connectivity index is 0.00000272. The number of guanidine groups is 1. The van der Waals surface area contributed by atoms with Crippen molar-refractivity contribution in [1.29, 1.82) is 0 Å². The molecule has 6 nitrogen and oxygen atoms in total.